The summed E-state index contributed by atoms with van der Waals surface area (Å²) in [7, 11) is -3.36. The van der Waals surface area contributed by atoms with Crippen molar-refractivity contribution >= 4 is 27.5 Å². The minimum atomic E-state index is -3.36. The zero-order valence-electron chi connectivity index (χ0n) is 11.9. The fourth-order valence-corrected chi connectivity index (χ4v) is 2.96. The smallest absolute Gasteiger partial charge is 0.223 e. The normalized spacial score (nSPS) is 15.2. The van der Waals surface area contributed by atoms with E-state index in [0.29, 0.717) is 11.6 Å². The Hall–Kier alpha value is -1.11. The first-order chi connectivity index (χ1) is 9.88. The van der Waals surface area contributed by atoms with Crippen molar-refractivity contribution in [2.45, 2.75) is 19.4 Å². The van der Waals surface area contributed by atoms with Gasteiger partial charge in [0.15, 0.2) is 0 Å². The molecule has 1 aliphatic carbocycles. The van der Waals surface area contributed by atoms with Crippen molar-refractivity contribution in [3.63, 3.8) is 0 Å². The van der Waals surface area contributed by atoms with Gasteiger partial charge in [-0.15, -0.1) is 0 Å². The van der Waals surface area contributed by atoms with Gasteiger partial charge in [0.2, 0.25) is 15.9 Å². The van der Waals surface area contributed by atoms with Gasteiger partial charge in [0.05, 0.1) is 6.26 Å². The summed E-state index contributed by atoms with van der Waals surface area (Å²) in [6.07, 6.45) is 3.02. The monoisotopic (exact) mass is 330 g/mol. The molecule has 0 radical (unpaired) electrons. The molecular weight excluding hydrogens is 312 g/mol. The van der Waals surface area contributed by atoms with E-state index < -0.39 is 10.0 Å². The number of rotatable bonds is 7. The fraction of sp³-hybridized carbons (Fsp3) is 0.500. The number of halogens is 1. The highest BCUT2D eigenvalue weighted by atomic mass is 35.5. The maximum Gasteiger partial charge on any atom is 0.223 e. The van der Waals surface area contributed by atoms with E-state index in [0.717, 1.165) is 24.7 Å². The topological polar surface area (TPSA) is 66.5 Å². The molecule has 0 unspecified atom stereocenters. The molecule has 0 aliphatic heterocycles. The second-order valence-electron chi connectivity index (χ2n) is 5.25. The van der Waals surface area contributed by atoms with Crippen LogP contribution in [0.3, 0.4) is 0 Å². The fourth-order valence-electron chi connectivity index (χ4n) is 1.97. The molecule has 1 saturated carbocycles. The molecule has 0 aromatic heterocycles. The van der Waals surface area contributed by atoms with Crippen molar-refractivity contribution in [1.29, 1.82) is 0 Å². The molecule has 5 nitrogen and oxygen atoms in total. The summed E-state index contributed by atoms with van der Waals surface area (Å²) in [5.74, 6) is 0.140. The Bertz CT molecular complexity index is 614. The van der Waals surface area contributed by atoms with Crippen molar-refractivity contribution < 1.29 is 13.2 Å². The van der Waals surface area contributed by atoms with E-state index in [2.05, 4.69) is 5.32 Å². The van der Waals surface area contributed by atoms with Crippen LogP contribution in [0.1, 0.15) is 18.4 Å². The number of amides is 1. The van der Waals surface area contributed by atoms with E-state index in [-0.39, 0.29) is 24.9 Å². The lowest BCUT2D eigenvalue weighted by Gasteiger charge is -2.20. The number of hydrogen-bond donors (Lipinski definition) is 1. The highest BCUT2D eigenvalue weighted by Crippen LogP contribution is 2.28. The molecule has 1 aliphatic rings. The number of benzene rings is 1. The Morgan fingerprint density at radius 3 is 2.62 bits per heavy atom. The lowest BCUT2D eigenvalue weighted by Crippen LogP contribution is -2.38. The largest absolute Gasteiger partial charge is 0.355 e. The van der Waals surface area contributed by atoms with Gasteiger partial charge in [-0.2, -0.15) is 4.31 Å². The molecule has 1 fully saturated rings. The zero-order chi connectivity index (χ0) is 15.5. The van der Waals surface area contributed by atoms with Crippen LogP contribution in [-0.4, -0.2) is 38.0 Å². The molecule has 116 valence electrons. The second-order valence-corrected chi connectivity index (χ2v) is 7.64. The van der Waals surface area contributed by atoms with E-state index in [1.54, 1.807) is 18.2 Å². The van der Waals surface area contributed by atoms with Crippen molar-refractivity contribution in [3.8, 4) is 0 Å². The quantitative estimate of drug-likeness (QED) is 0.826. The van der Waals surface area contributed by atoms with Gasteiger partial charge in [0.1, 0.15) is 0 Å². The number of carbonyl (C=O) groups excluding carboxylic acids is 1. The third-order valence-corrected chi connectivity index (χ3v) is 5.00. The minimum Gasteiger partial charge on any atom is -0.355 e. The summed E-state index contributed by atoms with van der Waals surface area (Å²) in [5, 5.41) is 3.30. The summed E-state index contributed by atoms with van der Waals surface area (Å²) >= 11 is 6.06. The standard InChI is InChI=1S/C14H19ClN2O3S/c1-21(19,20)17(9-8-16-14(18)11-6-7-11)10-12-4-2-3-5-13(12)15/h2-5,11H,6-10H2,1H3,(H,16,18). The van der Waals surface area contributed by atoms with E-state index in [1.165, 1.54) is 4.31 Å². The molecule has 1 N–H and O–H groups in total. The van der Waals surface area contributed by atoms with Gasteiger partial charge in [0.25, 0.3) is 0 Å². The molecule has 1 amide bonds. The molecule has 0 spiro atoms. The molecule has 0 bridgehead atoms. The molecular formula is C14H19ClN2O3S. The van der Waals surface area contributed by atoms with E-state index >= 15 is 0 Å². The van der Waals surface area contributed by atoms with Gasteiger partial charge in [-0.1, -0.05) is 29.8 Å². The minimum absolute atomic E-state index is 0.0150. The second kappa shape index (κ2) is 6.77. The number of carbonyl (C=O) groups is 1. The molecule has 0 heterocycles. The van der Waals surface area contributed by atoms with Crippen LogP contribution >= 0.6 is 11.6 Å². The molecule has 1 aromatic carbocycles. The van der Waals surface area contributed by atoms with Crippen molar-refractivity contribution in [3.05, 3.63) is 34.9 Å². The summed E-state index contributed by atoms with van der Waals surface area (Å²) in [5.41, 5.74) is 0.748. The van der Waals surface area contributed by atoms with Crippen molar-refractivity contribution in [2.24, 2.45) is 5.92 Å². The van der Waals surface area contributed by atoms with Gasteiger partial charge < -0.3 is 5.32 Å². The predicted molar refractivity (Wildman–Crippen MR) is 82.4 cm³/mol. The average molecular weight is 331 g/mol. The van der Waals surface area contributed by atoms with Crippen LogP contribution in [0.25, 0.3) is 0 Å². The van der Waals surface area contributed by atoms with Gasteiger partial charge in [-0.05, 0) is 24.5 Å². The van der Waals surface area contributed by atoms with Crippen LogP contribution in [0.4, 0.5) is 0 Å². The first-order valence-corrected chi connectivity index (χ1v) is 9.07. The molecule has 0 saturated heterocycles. The van der Waals surface area contributed by atoms with Gasteiger partial charge in [0, 0.05) is 30.6 Å². The Labute approximate surface area is 130 Å². The first kappa shape index (κ1) is 16.3. The summed E-state index contributed by atoms with van der Waals surface area (Å²) < 4.78 is 25.0. The van der Waals surface area contributed by atoms with Crippen LogP contribution in [0.15, 0.2) is 24.3 Å². The maximum absolute atomic E-state index is 11.8. The van der Waals surface area contributed by atoms with Crippen LogP contribution in [0.5, 0.6) is 0 Å². The lowest BCUT2D eigenvalue weighted by atomic mass is 10.2. The number of hydrogen-bond acceptors (Lipinski definition) is 3. The Morgan fingerprint density at radius 2 is 2.05 bits per heavy atom. The van der Waals surface area contributed by atoms with E-state index in [1.807, 2.05) is 6.07 Å². The highest BCUT2D eigenvalue weighted by Gasteiger charge is 2.29. The summed E-state index contributed by atoms with van der Waals surface area (Å²) in [4.78, 5) is 11.5. The molecule has 0 atom stereocenters. The number of nitrogens with zero attached hydrogens (tertiary/aromatic N) is 1. The number of nitrogens with one attached hydrogen (secondary N) is 1. The van der Waals surface area contributed by atoms with Crippen molar-refractivity contribution in [2.75, 3.05) is 19.3 Å². The molecule has 2 rings (SSSR count). The highest BCUT2D eigenvalue weighted by molar-refractivity contribution is 7.88. The van der Waals surface area contributed by atoms with E-state index in [4.69, 9.17) is 11.6 Å². The van der Waals surface area contributed by atoms with Crippen LogP contribution < -0.4 is 5.32 Å². The summed E-state index contributed by atoms with van der Waals surface area (Å²) in [6.45, 7) is 0.757. The van der Waals surface area contributed by atoms with Crippen LogP contribution in [-0.2, 0) is 21.4 Å². The van der Waals surface area contributed by atoms with Crippen LogP contribution in [0, 0.1) is 5.92 Å². The van der Waals surface area contributed by atoms with Gasteiger partial charge >= 0.3 is 0 Å². The third-order valence-electron chi connectivity index (χ3n) is 3.38. The Morgan fingerprint density at radius 1 is 1.38 bits per heavy atom. The Kier molecular flexibility index (Phi) is 5.24. The van der Waals surface area contributed by atoms with Gasteiger partial charge in [-0.3, -0.25) is 4.79 Å². The molecule has 1 aromatic rings. The molecule has 21 heavy (non-hydrogen) atoms. The third kappa shape index (κ3) is 4.98. The maximum atomic E-state index is 11.8. The Balaban J connectivity index is 1.95. The predicted octanol–water partition coefficient (Wildman–Crippen LogP) is 1.63. The van der Waals surface area contributed by atoms with Crippen LogP contribution in [0.2, 0.25) is 5.02 Å². The number of sulfonamides is 1. The average Bonchev–Trinajstić information content (AvgIpc) is 3.22. The van der Waals surface area contributed by atoms with Crippen molar-refractivity contribution in [1.82, 2.24) is 9.62 Å². The van der Waals surface area contributed by atoms with Gasteiger partial charge in [-0.25, -0.2) is 8.42 Å². The molecule has 7 heteroatoms. The van der Waals surface area contributed by atoms with E-state index in [9.17, 15) is 13.2 Å². The SMILES string of the molecule is CS(=O)(=O)N(CCNC(=O)C1CC1)Cc1ccccc1Cl. The summed E-state index contributed by atoms with van der Waals surface area (Å²) in [6, 6.07) is 7.14. The zero-order valence-corrected chi connectivity index (χ0v) is 13.5. The lowest BCUT2D eigenvalue weighted by molar-refractivity contribution is -0.122. The first-order valence-electron chi connectivity index (χ1n) is 6.84.